The third-order valence-corrected chi connectivity index (χ3v) is 11.1. The van der Waals surface area contributed by atoms with E-state index in [1.54, 1.807) is 0 Å². The van der Waals surface area contributed by atoms with Crippen LogP contribution in [0.1, 0.15) is 77.7 Å². The van der Waals surface area contributed by atoms with E-state index in [1.807, 2.05) is 36.4 Å². The summed E-state index contributed by atoms with van der Waals surface area (Å²) in [4.78, 5) is 24.0. The Kier molecular flexibility index (Phi) is 7.55. The van der Waals surface area contributed by atoms with Gasteiger partial charge in [0, 0.05) is 18.4 Å². The molecule has 4 aliphatic carbocycles. The van der Waals surface area contributed by atoms with Crippen LogP contribution >= 0.6 is 11.6 Å². The first-order valence-corrected chi connectivity index (χ1v) is 14.7. The van der Waals surface area contributed by atoms with E-state index in [4.69, 9.17) is 22.1 Å². The van der Waals surface area contributed by atoms with Crippen molar-refractivity contribution in [2.75, 3.05) is 0 Å². The summed E-state index contributed by atoms with van der Waals surface area (Å²) < 4.78 is 5.60. The largest absolute Gasteiger partial charge is 0.462 e. The predicted octanol–water partition coefficient (Wildman–Crippen LogP) is 7.17. The Labute approximate surface area is 237 Å². The van der Waals surface area contributed by atoms with Gasteiger partial charge in [0.05, 0.1) is 0 Å². The Morgan fingerprint density at radius 3 is 2.59 bits per heavy atom. The van der Waals surface area contributed by atoms with Crippen molar-refractivity contribution in [3.8, 4) is 6.07 Å². The lowest BCUT2D eigenvalue weighted by Gasteiger charge is -2.58. The van der Waals surface area contributed by atoms with E-state index in [2.05, 4.69) is 26.0 Å². The van der Waals surface area contributed by atoms with Gasteiger partial charge in [-0.25, -0.2) is 0 Å². The molecule has 3 unspecified atom stereocenters. The van der Waals surface area contributed by atoms with Crippen LogP contribution in [0.3, 0.4) is 0 Å². The third kappa shape index (κ3) is 4.86. The zero-order valence-electron chi connectivity index (χ0n) is 23.2. The van der Waals surface area contributed by atoms with Crippen molar-refractivity contribution in [3.05, 3.63) is 63.7 Å². The highest BCUT2D eigenvalue weighted by atomic mass is 35.5. The molecule has 6 heteroatoms. The molecule has 1 aromatic rings. The van der Waals surface area contributed by atoms with Crippen LogP contribution in [0.25, 0.3) is 6.08 Å². The van der Waals surface area contributed by atoms with Gasteiger partial charge in [-0.2, -0.15) is 5.26 Å². The zero-order chi connectivity index (χ0) is 27.9. The number of amides is 1. The van der Waals surface area contributed by atoms with Crippen molar-refractivity contribution in [2.45, 2.75) is 78.2 Å². The molecule has 39 heavy (non-hydrogen) atoms. The molecule has 5 nitrogen and oxygen atoms in total. The number of nitrogens with two attached hydrogens (primary N) is 1. The van der Waals surface area contributed by atoms with Gasteiger partial charge in [-0.3, -0.25) is 9.59 Å². The maximum absolute atomic E-state index is 12.4. The molecule has 3 saturated carbocycles. The number of carbonyl (C=O) groups is 2. The number of hydrogen-bond acceptors (Lipinski definition) is 4. The van der Waals surface area contributed by atoms with Crippen molar-refractivity contribution in [2.24, 2.45) is 40.2 Å². The van der Waals surface area contributed by atoms with Gasteiger partial charge in [0.15, 0.2) is 0 Å². The summed E-state index contributed by atoms with van der Waals surface area (Å²) in [5, 5.41) is 10.6. The van der Waals surface area contributed by atoms with E-state index < -0.39 is 5.91 Å². The van der Waals surface area contributed by atoms with Crippen molar-refractivity contribution >= 4 is 29.6 Å². The number of carbonyl (C=O) groups excluding carboxylic acids is 2. The average molecular weight is 547 g/mol. The van der Waals surface area contributed by atoms with E-state index >= 15 is 0 Å². The first kappa shape index (κ1) is 27.7. The van der Waals surface area contributed by atoms with Gasteiger partial charge in [0.25, 0.3) is 5.91 Å². The number of fused-ring (bicyclic) bond motifs is 5. The molecule has 0 spiro atoms. The van der Waals surface area contributed by atoms with Gasteiger partial charge in [0.2, 0.25) is 0 Å². The zero-order valence-corrected chi connectivity index (χ0v) is 24.0. The normalized spacial score (nSPS) is 36.1. The number of hydrogen-bond donors (Lipinski definition) is 1. The van der Waals surface area contributed by atoms with Crippen molar-refractivity contribution < 1.29 is 14.3 Å². The van der Waals surface area contributed by atoms with Gasteiger partial charge in [0.1, 0.15) is 17.7 Å². The molecule has 1 amide bonds. The number of allylic oxidation sites excluding steroid dienone is 3. The van der Waals surface area contributed by atoms with Crippen molar-refractivity contribution in [3.63, 3.8) is 0 Å². The lowest BCUT2D eigenvalue weighted by atomic mass is 9.47. The van der Waals surface area contributed by atoms with Crippen molar-refractivity contribution in [1.82, 2.24) is 0 Å². The highest BCUT2D eigenvalue weighted by Gasteiger charge is 2.59. The molecule has 7 atom stereocenters. The molecule has 0 aliphatic heterocycles. The molecule has 0 radical (unpaired) electrons. The molecular weight excluding hydrogens is 508 g/mol. The first-order chi connectivity index (χ1) is 18.6. The second kappa shape index (κ2) is 10.6. The summed E-state index contributed by atoms with van der Waals surface area (Å²) >= 11 is 6.41. The molecule has 0 aromatic heterocycles. The average Bonchev–Trinajstić information content (AvgIpc) is 3.24. The van der Waals surface area contributed by atoms with Crippen LogP contribution in [0.5, 0.6) is 0 Å². The minimum atomic E-state index is -0.667. The minimum absolute atomic E-state index is 0.00102. The maximum atomic E-state index is 12.4. The molecule has 0 saturated heterocycles. The van der Waals surface area contributed by atoms with Crippen molar-refractivity contribution in [1.29, 1.82) is 5.26 Å². The van der Waals surface area contributed by atoms with Gasteiger partial charge >= 0.3 is 5.97 Å². The smallest absolute Gasteiger partial charge is 0.302 e. The van der Waals surface area contributed by atoms with Gasteiger partial charge in [-0.05, 0) is 96.7 Å². The molecule has 2 N–H and O–H groups in total. The third-order valence-electron chi connectivity index (χ3n) is 10.8. The minimum Gasteiger partial charge on any atom is -0.462 e. The van der Waals surface area contributed by atoms with Crippen LogP contribution in [-0.2, 0) is 14.3 Å². The molecule has 0 bridgehead atoms. The Hall–Kier alpha value is -2.84. The fourth-order valence-electron chi connectivity index (χ4n) is 8.90. The Bertz CT molecular complexity index is 1310. The monoisotopic (exact) mass is 546 g/mol. The Morgan fingerprint density at radius 2 is 1.90 bits per heavy atom. The quantitative estimate of drug-likeness (QED) is 0.139. The highest BCUT2D eigenvalue weighted by Crippen LogP contribution is 2.67. The van der Waals surface area contributed by atoms with Gasteiger partial charge < -0.3 is 10.5 Å². The first-order valence-electron chi connectivity index (χ1n) is 14.3. The summed E-state index contributed by atoms with van der Waals surface area (Å²) in [6.07, 6.45) is 14.4. The van der Waals surface area contributed by atoms with Crippen LogP contribution in [0.15, 0.2) is 53.1 Å². The molecular formula is C33H39ClN2O3. The standard InChI is InChI=1S/C33H39ClN2O3/c1-20(37)39-23-14-16-32(2)22(18-23)9-11-25-28-13-12-27(33(28,3)17-15-29(25)32)24(26(19-35)31(36)38)10-8-21-6-4-5-7-30(21)34/h4-10,23,25,27-29H,11-18H2,1-3H3,(H2,36,38)/b10-8+,26-24+/t23-,25?,27+,28?,29?,32-,33+/m0/s1. The molecule has 3 fully saturated rings. The number of benzene rings is 1. The van der Waals surface area contributed by atoms with Crippen LogP contribution in [0.2, 0.25) is 5.02 Å². The van der Waals surface area contributed by atoms with E-state index in [9.17, 15) is 14.9 Å². The van der Waals surface area contributed by atoms with E-state index in [1.165, 1.54) is 12.5 Å². The summed E-state index contributed by atoms with van der Waals surface area (Å²) in [6, 6.07) is 9.71. The molecule has 4 aliphatic rings. The predicted molar refractivity (Wildman–Crippen MR) is 153 cm³/mol. The molecule has 0 heterocycles. The van der Waals surface area contributed by atoms with Crippen LogP contribution in [0, 0.1) is 45.8 Å². The SMILES string of the molecule is CC(=O)O[C@H]1CC[C@@]2(C)C(=CCC3C2CC[C@@]2(C)C3CC[C@@H]2C(/C=C/c2ccccc2Cl)=C(\C#N)C(N)=O)C1. The lowest BCUT2D eigenvalue weighted by Crippen LogP contribution is -2.50. The number of primary amides is 1. The summed E-state index contributed by atoms with van der Waals surface area (Å²) in [7, 11) is 0. The highest BCUT2D eigenvalue weighted by molar-refractivity contribution is 6.32. The second-order valence-electron chi connectivity index (χ2n) is 12.6. The van der Waals surface area contributed by atoms with E-state index in [-0.39, 0.29) is 34.4 Å². The number of rotatable bonds is 5. The fraction of sp³-hybridized carbons (Fsp3) is 0.545. The number of ether oxygens (including phenoxy) is 1. The number of nitriles is 1. The Morgan fingerprint density at radius 1 is 1.13 bits per heavy atom. The lowest BCUT2D eigenvalue weighted by molar-refractivity contribution is -0.148. The Balaban J connectivity index is 1.46. The molecule has 5 rings (SSSR count). The van der Waals surface area contributed by atoms with E-state index in [0.717, 1.165) is 62.5 Å². The van der Waals surface area contributed by atoms with E-state index in [0.29, 0.717) is 22.8 Å². The summed E-state index contributed by atoms with van der Waals surface area (Å²) in [5.41, 5.74) is 9.02. The number of esters is 1. The summed E-state index contributed by atoms with van der Waals surface area (Å²) in [5.74, 6) is 0.912. The van der Waals surface area contributed by atoms with Gasteiger partial charge in [-0.15, -0.1) is 0 Å². The summed E-state index contributed by atoms with van der Waals surface area (Å²) in [6.45, 7) is 6.32. The second-order valence-corrected chi connectivity index (χ2v) is 13.0. The maximum Gasteiger partial charge on any atom is 0.302 e. The number of halogens is 1. The van der Waals surface area contributed by atoms with Gasteiger partial charge in [-0.1, -0.05) is 67.4 Å². The fourth-order valence-corrected chi connectivity index (χ4v) is 9.10. The van der Waals surface area contributed by atoms with Crippen LogP contribution in [-0.4, -0.2) is 18.0 Å². The topological polar surface area (TPSA) is 93.2 Å². The molecule has 1 aromatic carbocycles. The molecule has 206 valence electrons. The van der Waals surface area contributed by atoms with Crippen LogP contribution < -0.4 is 5.73 Å². The number of nitrogens with zero attached hydrogens (tertiary/aromatic N) is 1. The van der Waals surface area contributed by atoms with Crippen LogP contribution in [0.4, 0.5) is 0 Å².